The van der Waals surface area contributed by atoms with E-state index in [-0.39, 0.29) is 33.8 Å². The van der Waals surface area contributed by atoms with Gasteiger partial charge < -0.3 is 4.90 Å². The first-order valence-corrected chi connectivity index (χ1v) is 10.2. The first-order valence-electron chi connectivity index (χ1n) is 9.81. The lowest BCUT2D eigenvalue weighted by molar-refractivity contribution is -0.384. The molecule has 0 saturated carbocycles. The maximum absolute atomic E-state index is 12.9. The zero-order valence-corrected chi connectivity index (χ0v) is 17.5. The first-order chi connectivity index (χ1) is 14.9. The zero-order chi connectivity index (χ0) is 22.1. The van der Waals surface area contributed by atoms with Gasteiger partial charge in [-0.1, -0.05) is 29.8 Å². The van der Waals surface area contributed by atoms with E-state index in [2.05, 4.69) is 5.10 Å². The Morgan fingerprint density at radius 2 is 1.84 bits per heavy atom. The number of nitrogens with zero attached hydrogens (tertiary/aromatic N) is 5. The quantitative estimate of drug-likeness (QED) is 0.457. The highest BCUT2D eigenvalue weighted by molar-refractivity contribution is 6.32. The van der Waals surface area contributed by atoms with Crippen LogP contribution < -0.4 is 5.69 Å². The largest absolute Gasteiger partial charge is 0.350 e. The van der Waals surface area contributed by atoms with Crippen LogP contribution in [0.3, 0.4) is 0 Å². The summed E-state index contributed by atoms with van der Waals surface area (Å²) in [5, 5.41) is 15.6. The summed E-state index contributed by atoms with van der Waals surface area (Å²) >= 11 is 5.85. The maximum Gasteiger partial charge on any atom is 0.350 e. The summed E-state index contributed by atoms with van der Waals surface area (Å²) in [6.07, 6.45) is 1.26. The molecule has 0 radical (unpaired) electrons. The van der Waals surface area contributed by atoms with E-state index in [4.69, 9.17) is 11.6 Å². The summed E-state index contributed by atoms with van der Waals surface area (Å²) in [6, 6.07) is 13.4. The summed E-state index contributed by atoms with van der Waals surface area (Å²) in [5.74, 6) is 0.408. The molecule has 2 aromatic carbocycles. The molecule has 1 aromatic heterocycles. The number of likely N-dealkylation sites (tertiary alicyclic amines) is 1. The number of rotatable bonds is 4. The number of nitro groups is 1. The van der Waals surface area contributed by atoms with Gasteiger partial charge in [-0.15, -0.1) is 0 Å². The van der Waals surface area contributed by atoms with Crippen molar-refractivity contribution >= 4 is 23.2 Å². The number of carbonyl (C=O) groups excluding carboxylic acids is 1. The Bertz CT molecular complexity index is 1200. The van der Waals surface area contributed by atoms with E-state index in [1.807, 2.05) is 30.3 Å². The Hall–Kier alpha value is -3.46. The van der Waals surface area contributed by atoms with Crippen LogP contribution in [-0.2, 0) is 7.05 Å². The standard InChI is InChI=1S/C21H20ClN5O4/c1-24-21(29)26(16-5-3-2-4-6-16)19(23-24)14-9-11-25(12-10-14)20(28)15-7-8-17(22)18(13-15)27(30)31/h2-8,13-14H,9-12H2,1H3. The molecular weight excluding hydrogens is 422 g/mol. The minimum atomic E-state index is -0.602. The molecular formula is C21H20ClN5O4. The molecule has 160 valence electrons. The molecule has 1 fully saturated rings. The molecule has 0 aliphatic carbocycles. The first kappa shape index (κ1) is 20.8. The maximum atomic E-state index is 12.9. The van der Waals surface area contributed by atoms with Gasteiger partial charge in [0.25, 0.3) is 11.6 Å². The predicted octanol–water partition coefficient (Wildman–Crippen LogP) is 3.15. The molecule has 4 rings (SSSR count). The van der Waals surface area contributed by atoms with Crippen molar-refractivity contribution in [2.75, 3.05) is 13.1 Å². The minimum absolute atomic E-state index is 0.00528. The van der Waals surface area contributed by atoms with Crippen molar-refractivity contribution in [3.05, 3.63) is 85.5 Å². The molecule has 1 aliphatic rings. The van der Waals surface area contributed by atoms with Gasteiger partial charge in [0.15, 0.2) is 0 Å². The van der Waals surface area contributed by atoms with Gasteiger partial charge in [-0.05, 0) is 37.1 Å². The number of halogens is 1. The van der Waals surface area contributed by atoms with Gasteiger partial charge in [-0.25, -0.2) is 14.0 Å². The van der Waals surface area contributed by atoms with Crippen LogP contribution in [0.5, 0.6) is 0 Å². The molecule has 3 aromatic rings. The summed E-state index contributed by atoms with van der Waals surface area (Å²) in [6.45, 7) is 0.916. The fourth-order valence-electron chi connectivity index (χ4n) is 3.88. The van der Waals surface area contributed by atoms with E-state index in [9.17, 15) is 19.7 Å². The molecule has 0 unspecified atom stereocenters. The molecule has 1 saturated heterocycles. The van der Waals surface area contributed by atoms with Crippen LogP contribution in [0.2, 0.25) is 5.02 Å². The Balaban J connectivity index is 1.53. The lowest BCUT2D eigenvalue weighted by Gasteiger charge is -2.31. The van der Waals surface area contributed by atoms with Crippen molar-refractivity contribution in [3.63, 3.8) is 0 Å². The normalized spacial score (nSPS) is 14.6. The van der Waals surface area contributed by atoms with E-state index in [0.29, 0.717) is 31.8 Å². The second kappa shape index (κ2) is 8.35. The Kier molecular flexibility index (Phi) is 5.60. The van der Waals surface area contributed by atoms with Crippen molar-refractivity contribution in [1.82, 2.24) is 19.2 Å². The molecule has 10 heteroatoms. The van der Waals surface area contributed by atoms with E-state index in [1.165, 1.54) is 22.9 Å². The number of piperidine rings is 1. The average molecular weight is 442 g/mol. The summed E-state index contributed by atoms with van der Waals surface area (Å²) in [4.78, 5) is 37.7. The summed E-state index contributed by atoms with van der Waals surface area (Å²) < 4.78 is 2.94. The van der Waals surface area contributed by atoms with E-state index < -0.39 is 4.92 Å². The average Bonchev–Trinajstić information content (AvgIpc) is 3.08. The van der Waals surface area contributed by atoms with Gasteiger partial charge in [0.2, 0.25) is 0 Å². The van der Waals surface area contributed by atoms with Gasteiger partial charge in [0, 0.05) is 37.7 Å². The van der Waals surface area contributed by atoms with Crippen molar-refractivity contribution < 1.29 is 9.72 Å². The van der Waals surface area contributed by atoms with Crippen LogP contribution in [-0.4, -0.2) is 43.2 Å². The third-order valence-corrected chi connectivity index (χ3v) is 5.82. The number of hydrogen-bond donors (Lipinski definition) is 0. The Morgan fingerprint density at radius 3 is 2.48 bits per heavy atom. The van der Waals surface area contributed by atoms with E-state index >= 15 is 0 Å². The van der Waals surface area contributed by atoms with Crippen LogP contribution in [0.1, 0.15) is 34.9 Å². The highest BCUT2D eigenvalue weighted by atomic mass is 35.5. The van der Waals surface area contributed by atoms with Gasteiger partial charge in [0.05, 0.1) is 10.6 Å². The fraction of sp³-hybridized carbons (Fsp3) is 0.286. The van der Waals surface area contributed by atoms with Crippen molar-refractivity contribution in [2.45, 2.75) is 18.8 Å². The second-order valence-corrected chi connectivity index (χ2v) is 7.83. The summed E-state index contributed by atoms with van der Waals surface area (Å²) in [5.41, 5.74) is 0.479. The highest BCUT2D eigenvalue weighted by Gasteiger charge is 2.30. The molecule has 0 N–H and O–H groups in total. The molecule has 0 atom stereocenters. The van der Waals surface area contributed by atoms with E-state index in [0.717, 1.165) is 5.69 Å². The summed E-state index contributed by atoms with van der Waals surface area (Å²) in [7, 11) is 1.62. The number of benzene rings is 2. The predicted molar refractivity (Wildman–Crippen MR) is 115 cm³/mol. The number of carbonyl (C=O) groups is 1. The third kappa shape index (κ3) is 3.96. The van der Waals surface area contributed by atoms with Crippen LogP contribution >= 0.6 is 11.6 Å². The lowest BCUT2D eigenvalue weighted by Crippen LogP contribution is -2.38. The molecule has 1 aliphatic heterocycles. The van der Waals surface area contributed by atoms with Gasteiger partial charge in [-0.2, -0.15) is 5.10 Å². The van der Waals surface area contributed by atoms with Gasteiger partial charge in [-0.3, -0.25) is 14.9 Å². The zero-order valence-electron chi connectivity index (χ0n) is 16.8. The molecule has 0 spiro atoms. The van der Waals surface area contributed by atoms with Crippen LogP contribution in [0.4, 0.5) is 5.69 Å². The Morgan fingerprint density at radius 1 is 1.16 bits per heavy atom. The van der Waals surface area contributed by atoms with Crippen LogP contribution in [0.25, 0.3) is 5.69 Å². The SMILES string of the molecule is Cn1nc(C2CCN(C(=O)c3ccc(Cl)c([N+](=O)[O-])c3)CC2)n(-c2ccccc2)c1=O. The Labute approximate surface area is 182 Å². The van der Waals surface area contributed by atoms with Crippen LogP contribution in [0.15, 0.2) is 53.3 Å². The van der Waals surface area contributed by atoms with Crippen molar-refractivity contribution in [3.8, 4) is 5.69 Å². The fourth-order valence-corrected chi connectivity index (χ4v) is 4.06. The van der Waals surface area contributed by atoms with E-state index in [1.54, 1.807) is 16.5 Å². The number of hydrogen-bond acceptors (Lipinski definition) is 5. The molecule has 2 heterocycles. The number of aromatic nitrogens is 3. The number of aryl methyl sites for hydroxylation is 1. The monoisotopic (exact) mass is 441 g/mol. The number of para-hydroxylation sites is 1. The van der Waals surface area contributed by atoms with Crippen molar-refractivity contribution in [2.24, 2.45) is 7.05 Å². The van der Waals surface area contributed by atoms with Crippen molar-refractivity contribution in [1.29, 1.82) is 0 Å². The highest BCUT2D eigenvalue weighted by Crippen LogP contribution is 2.30. The topological polar surface area (TPSA) is 103 Å². The molecule has 9 nitrogen and oxygen atoms in total. The van der Waals surface area contributed by atoms with Gasteiger partial charge in [0.1, 0.15) is 10.8 Å². The second-order valence-electron chi connectivity index (χ2n) is 7.43. The number of nitro benzene ring substituents is 1. The minimum Gasteiger partial charge on any atom is -0.339 e. The molecule has 31 heavy (non-hydrogen) atoms. The number of amides is 1. The molecule has 0 bridgehead atoms. The lowest BCUT2D eigenvalue weighted by atomic mass is 9.95. The third-order valence-electron chi connectivity index (χ3n) is 5.50. The van der Waals surface area contributed by atoms with Crippen LogP contribution in [0, 0.1) is 10.1 Å². The smallest absolute Gasteiger partial charge is 0.339 e. The van der Waals surface area contributed by atoms with Gasteiger partial charge >= 0.3 is 5.69 Å². The molecule has 1 amide bonds.